The number of phenolic OH excluding ortho intramolecular Hbond substituents is 1. The number of benzene rings is 2. The molecule has 0 saturated heterocycles. The van der Waals surface area contributed by atoms with Crippen LogP contribution in [0, 0.1) is 10.1 Å². The van der Waals surface area contributed by atoms with Gasteiger partial charge < -0.3 is 14.6 Å². The number of rotatable bonds is 9. The van der Waals surface area contributed by atoms with Crippen molar-refractivity contribution in [3.05, 3.63) is 57.6 Å². The largest absolute Gasteiger partial charge is 0.504 e. The molecule has 0 aliphatic rings. The lowest BCUT2D eigenvalue weighted by Crippen LogP contribution is -2.24. The molecule has 0 heterocycles. The Bertz CT molecular complexity index is 896. The van der Waals surface area contributed by atoms with E-state index in [9.17, 15) is 20.0 Å². The van der Waals surface area contributed by atoms with E-state index in [1.54, 1.807) is 12.1 Å². The van der Waals surface area contributed by atoms with Gasteiger partial charge >= 0.3 is 0 Å². The van der Waals surface area contributed by atoms with Crippen molar-refractivity contribution >= 4 is 17.8 Å². The third-order valence-electron chi connectivity index (χ3n) is 4.34. The minimum absolute atomic E-state index is 0.0258. The summed E-state index contributed by atoms with van der Waals surface area (Å²) >= 11 is 0. The van der Waals surface area contributed by atoms with E-state index < -0.39 is 10.8 Å². The quantitative estimate of drug-likeness (QED) is 0.377. The highest BCUT2D eigenvalue weighted by Gasteiger charge is 2.15. The van der Waals surface area contributed by atoms with Crippen molar-refractivity contribution in [1.82, 2.24) is 5.43 Å². The molecule has 9 heteroatoms. The van der Waals surface area contributed by atoms with Gasteiger partial charge in [-0.3, -0.25) is 14.9 Å². The number of hydrazone groups is 1. The molecule has 0 aromatic heterocycles. The number of nitrogens with one attached hydrogen (secondary N) is 1. The average molecular weight is 401 g/mol. The summed E-state index contributed by atoms with van der Waals surface area (Å²) in [5.41, 5.74) is 3.18. The monoisotopic (exact) mass is 401 g/mol. The maximum atomic E-state index is 11.9. The van der Waals surface area contributed by atoms with E-state index in [-0.39, 0.29) is 29.4 Å². The number of carbonyl (C=O) groups excluding carboxylic acids is 1. The van der Waals surface area contributed by atoms with Gasteiger partial charge in [0.15, 0.2) is 18.1 Å². The first-order valence-corrected chi connectivity index (χ1v) is 8.95. The van der Waals surface area contributed by atoms with Gasteiger partial charge in [0.05, 0.1) is 24.3 Å². The van der Waals surface area contributed by atoms with Gasteiger partial charge in [-0.25, -0.2) is 5.43 Å². The van der Waals surface area contributed by atoms with Crippen LogP contribution in [0.4, 0.5) is 5.69 Å². The van der Waals surface area contributed by atoms with E-state index in [1.807, 2.05) is 12.1 Å². The van der Waals surface area contributed by atoms with Gasteiger partial charge in [0.2, 0.25) is 0 Å². The lowest BCUT2D eigenvalue weighted by molar-refractivity contribution is -0.385. The number of hydrogen-bond acceptors (Lipinski definition) is 7. The Kier molecular flexibility index (Phi) is 7.53. The van der Waals surface area contributed by atoms with Crippen LogP contribution in [0.2, 0.25) is 0 Å². The zero-order chi connectivity index (χ0) is 21.4. The van der Waals surface area contributed by atoms with Crippen molar-refractivity contribution in [2.45, 2.75) is 26.2 Å². The Hall–Kier alpha value is -3.62. The lowest BCUT2D eigenvalue weighted by Gasteiger charge is -2.10. The first-order chi connectivity index (χ1) is 13.8. The normalized spacial score (nSPS) is 11.8. The van der Waals surface area contributed by atoms with Gasteiger partial charge in [0.25, 0.3) is 11.6 Å². The van der Waals surface area contributed by atoms with Crippen LogP contribution in [-0.2, 0) is 4.79 Å². The summed E-state index contributed by atoms with van der Waals surface area (Å²) in [4.78, 5) is 22.2. The van der Waals surface area contributed by atoms with Crippen LogP contribution < -0.4 is 14.9 Å². The van der Waals surface area contributed by atoms with Crippen LogP contribution in [0.1, 0.15) is 37.3 Å². The predicted molar refractivity (Wildman–Crippen MR) is 108 cm³/mol. The van der Waals surface area contributed by atoms with Crippen molar-refractivity contribution in [3.63, 3.8) is 0 Å². The molecule has 2 aromatic carbocycles. The molecule has 2 N–H and O–H groups in total. The predicted octanol–water partition coefficient (Wildman–Crippen LogP) is 3.35. The molecule has 29 heavy (non-hydrogen) atoms. The van der Waals surface area contributed by atoms with Crippen molar-refractivity contribution in [2.75, 3.05) is 13.7 Å². The summed E-state index contributed by atoms with van der Waals surface area (Å²) in [6.45, 7) is 3.99. The van der Waals surface area contributed by atoms with E-state index in [4.69, 9.17) is 9.47 Å². The van der Waals surface area contributed by atoms with E-state index in [1.165, 1.54) is 12.7 Å². The van der Waals surface area contributed by atoms with Crippen LogP contribution >= 0.6 is 0 Å². The second kappa shape index (κ2) is 10.1. The van der Waals surface area contributed by atoms with E-state index >= 15 is 0 Å². The summed E-state index contributed by atoms with van der Waals surface area (Å²) in [5, 5.41) is 24.7. The molecule has 0 aliphatic carbocycles. The van der Waals surface area contributed by atoms with Gasteiger partial charge in [-0.1, -0.05) is 26.0 Å². The lowest BCUT2D eigenvalue weighted by atomic mass is 9.99. The standard InChI is InChI=1S/C20H23N3O6/c1-4-13(2)14-5-7-17(8-6-14)29-12-19(24)22-21-11-15-9-16(23(26)27)10-18(28-3)20(15)25/h5-11,13,25H,4,12H2,1-3H3,(H,22,24)/b21-11+/t13-/m0/s1. The van der Waals surface area contributed by atoms with Crippen molar-refractivity contribution < 1.29 is 24.3 Å². The molecule has 0 aliphatic heterocycles. The minimum Gasteiger partial charge on any atom is -0.504 e. The number of nitro benzene ring substituents is 1. The first kappa shape index (κ1) is 21.7. The van der Waals surface area contributed by atoms with Crippen LogP contribution in [0.25, 0.3) is 0 Å². The number of non-ortho nitro benzene ring substituents is 1. The van der Waals surface area contributed by atoms with Gasteiger partial charge in [-0.15, -0.1) is 0 Å². The van der Waals surface area contributed by atoms with Crippen LogP contribution in [0.5, 0.6) is 17.2 Å². The van der Waals surface area contributed by atoms with Crippen LogP contribution in [0.15, 0.2) is 41.5 Å². The third-order valence-corrected chi connectivity index (χ3v) is 4.34. The average Bonchev–Trinajstić information content (AvgIpc) is 2.73. The number of nitro groups is 1. The second-order valence-corrected chi connectivity index (χ2v) is 6.30. The van der Waals surface area contributed by atoms with Crippen molar-refractivity contribution in [2.24, 2.45) is 5.10 Å². The van der Waals surface area contributed by atoms with E-state index in [0.29, 0.717) is 11.7 Å². The van der Waals surface area contributed by atoms with E-state index in [2.05, 4.69) is 24.4 Å². The molecule has 9 nitrogen and oxygen atoms in total. The number of methoxy groups -OCH3 is 1. The fourth-order valence-corrected chi connectivity index (χ4v) is 2.46. The highest BCUT2D eigenvalue weighted by Crippen LogP contribution is 2.33. The first-order valence-electron chi connectivity index (χ1n) is 8.95. The van der Waals surface area contributed by atoms with Gasteiger partial charge in [0.1, 0.15) is 5.75 Å². The SMILES string of the molecule is CC[C@H](C)c1ccc(OCC(=O)N/N=C/c2cc([N+](=O)[O-])cc(OC)c2O)cc1. The fraction of sp³-hybridized carbons (Fsp3) is 0.300. The smallest absolute Gasteiger partial charge is 0.277 e. The number of ether oxygens (including phenoxy) is 2. The Morgan fingerprint density at radius 2 is 2.03 bits per heavy atom. The number of hydrogen-bond donors (Lipinski definition) is 2. The number of nitrogens with zero attached hydrogens (tertiary/aromatic N) is 2. The molecule has 2 rings (SSSR count). The third kappa shape index (κ3) is 5.93. The summed E-state index contributed by atoms with van der Waals surface area (Å²) in [7, 11) is 1.27. The number of carbonyl (C=O) groups is 1. The molecular weight excluding hydrogens is 378 g/mol. The van der Waals surface area contributed by atoms with E-state index in [0.717, 1.165) is 24.8 Å². The molecule has 0 unspecified atom stereocenters. The molecular formula is C20H23N3O6. The summed E-state index contributed by atoms with van der Waals surface area (Å²) in [6.07, 6.45) is 2.12. The number of amides is 1. The van der Waals surface area contributed by atoms with Crippen LogP contribution in [0.3, 0.4) is 0 Å². The van der Waals surface area contributed by atoms with Crippen molar-refractivity contribution in [1.29, 1.82) is 0 Å². The molecule has 0 bridgehead atoms. The topological polar surface area (TPSA) is 123 Å². The Labute approximate surface area is 168 Å². The second-order valence-electron chi connectivity index (χ2n) is 6.30. The molecule has 1 amide bonds. The molecule has 1 atom stereocenters. The summed E-state index contributed by atoms with van der Waals surface area (Å²) in [6, 6.07) is 9.71. The zero-order valence-corrected chi connectivity index (χ0v) is 16.4. The van der Waals surface area contributed by atoms with Gasteiger partial charge in [-0.05, 0) is 30.0 Å². The van der Waals surface area contributed by atoms with Crippen molar-refractivity contribution in [3.8, 4) is 17.2 Å². The highest BCUT2D eigenvalue weighted by molar-refractivity contribution is 5.87. The number of aromatic hydroxyl groups is 1. The summed E-state index contributed by atoms with van der Waals surface area (Å²) < 4.78 is 10.3. The van der Waals surface area contributed by atoms with Gasteiger partial charge in [-0.2, -0.15) is 5.10 Å². The Morgan fingerprint density at radius 3 is 2.62 bits per heavy atom. The van der Waals surface area contributed by atoms with Crippen LogP contribution in [-0.4, -0.2) is 35.9 Å². The molecule has 0 radical (unpaired) electrons. The Balaban J connectivity index is 1.94. The maximum absolute atomic E-state index is 11.9. The van der Waals surface area contributed by atoms with Gasteiger partial charge in [0, 0.05) is 11.6 Å². The minimum atomic E-state index is -0.627. The molecule has 2 aromatic rings. The fourth-order valence-electron chi connectivity index (χ4n) is 2.46. The zero-order valence-electron chi connectivity index (χ0n) is 16.4. The highest BCUT2D eigenvalue weighted by atomic mass is 16.6. The Morgan fingerprint density at radius 1 is 1.34 bits per heavy atom. The molecule has 0 spiro atoms. The molecule has 0 saturated carbocycles. The summed E-state index contributed by atoms with van der Waals surface area (Å²) in [5.74, 6) is 0.0804. The number of phenols is 1. The molecule has 154 valence electrons. The molecule has 0 fully saturated rings. The maximum Gasteiger partial charge on any atom is 0.277 e.